The van der Waals surface area contributed by atoms with E-state index in [1.165, 1.54) is 16.0 Å². The predicted molar refractivity (Wildman–Crippen MR) is 89.5 cm³/mol. The van der Waals surface area contributed by atoms with E-state index in [1.807, 2.05) is 6.20 Å². The van der Waals surface area contributed by atoms with E-state index in [1.54, 1.807) is 11.3 Å². The first-order valence-electron chi connectivity index (χ1n) is 7.16. The third kappa shape index (κ3) is 2.97. The minimum absolute atomic E-state index is 0.584. The normalized spacial score (nSPS) is 11.4. The molecule has 3 nitrogen and oxygen atoms in total. The van der Waals surface area contributed by atoms with Crippen molar-refractivity contribution in [3.05, 3.63) is 45.7 Å². The van der Waals surface area contributed by atoms with Gasteiger partial charge in [-0.3, -0.25) is 0 Å². The van der Waals surface area contributed by atoms with Gasteiger partial charge in [0.25, 0.3) is 0 Å². The van der Waals surface area contributed by atoms with E-state index >= 15 is 0 Å². The molecule has 0 spiro atoms. The Morgan fingerprint density at radius 2 is 2.19 bits per heavy atom. The summed E-state index contributed by atoms with van der Waals surface area (Å²) in [5.41, 5.74) is 3.45. The average molecular weight is 320 g/mol. The number of benzene rings is 1. The number of imidazole rings is 1. The van der Waals surface area contributed by atoms with E-state index < -0.39 is 0 Å². The molecule has 0 aliphatic heterocycles. The number of rotatable bonds is 5. The summed E-state index contributed by atoms with van der Waals surface area (Å²) in [5.74, 6) is 1.62. The van der Waals surface area contributed by atoms with Crippen LogP contribution in [0.2, 0.25) is 0 Å². The number of thiazole rings is 1. The molecule has 0 bridgehead atoms. The number of nitrogens with zero attached hydrogens (tertiary/aromatic N) is 3. The Labute approximate surface area is 133 Å². The molecule has 0 saturated heterocycles. The van der Waals surface area contributed by atoms with Gasteiger partial charge >= 0.3 is 0 Å². The average Bonchev–Trinajstić information content (AvgIpc) is 3.06. The predicted octanol–water partition coefficient (Wildman–Crippen LogP) is 4.19. The van der Waals surface area contributed by atoms with E-state index in [2.05, 4.69) is 41.6 Å². The lowest BCUT2D eigenvalue weighted by Gasteiger charge is -2.06. The van der Waals surface area contributed by atoms with Crippen LogP contribution in [0.3, 0.4) is 0 Å². The quantitative estimate of drug-likeness (QED) is 0.660. The Bertz CT molecular complexity index is 760. The number of hydrogen-bond donors (Lipinski definition) is 0. The molecule has 0 unspecified atom stereocenters. The van der Waals surface area contributed by atoms with Gasteiger partial charge in [0.2, 0.25) is 0 Å². The van der Waals surface area contributed by atoms with Gasteiger partial charge < -0.3 is 4.57 Å². The largest absolute Gasteiger partial charge is 0.321 e. The molecule has 2 aromatic heterocycles. The Morgan fingerprint density at radius 1 is 1.33 bits per heavy atom. The first-order valence-corrected chi connectivity index (χ1v) is 8.51. The number of fused-ring (bicyclic) bond motifs is 1. The minimum Gasteiger partial charge on any atom is -0.321 e. The maximum Gasteiger partial charge on any atom is 0.113 e. The summed E-state index contributed by atoms with van der Waals surface area (Å²) in [7, 11) is 0. The van der Waals surface area contributed by atoms with Crippen LogP contribution in [0.1, 0.15) is 28.2 Å². The zero-order valence-electron chi connectivity index (χ0n) is 12.3. The van der Waals surface area contributed by atoms with Crippen molar-refractivity contribution in [2.45, 2.75) is 33.2 Å². The number of hydrogen-bond acceptors (Lipinski definition) is 3. The lowest BCUT2D eigenvalue weighted by molar-refractivity contribution is 0.750. The first-order chi connectivity index (χ1) is 10.2. The highest BCUT2D eigenvalue weighted by Gasteiger charge is 2.12. The molecule has 0 aliphatic rings. The molecule has 0 atom stereocenters. The van der Waals surface area contributed by atoms with Gasteiger partial charge in [-0.05, 0) is 31.0 Å². The molecule has 0 aliphatic carbocycles. The molecule has 3 rings (SSSR count). The lowest BCUT2D eigenvalue weighted by Crippen LogP contribution is -2.05. The van der Waals surface area contributed by atoms with Crippen molar-refractivity contribution in [2.75, 3.05) is 5.88 Å². The molecule has 0 amide bonds. The monoisotopic (exact) mass is 319 g/mol. The van der Waals surface area contributed by atoms with Gasteiger partial charge in [0.1, 0.15) is 10.8 Å². The van der Waals surface area contributed by atoms with E-state index in [-0.39, 0.29) is 0 Å². The summed E-state index contributed by atoms with van der Waals surface area (Å²) in [4.78, 5) is 10.6. The molecule has 2 heterocycles. The topological polar surface area (TPSA) is 30.7 Å². The molecule has 0 fully saturated rings. The molecule has 5 heteroatoms. The summed E-state index contributed by atoms with van der Waals surface area (Å²) < 4.78 is 2.25. The van der Waals surface area contributed by atoms with Crippen LogP contribution in [-0.2, 0) is 19.4 Å². The van der Waals surface area contributed by atoms with Crippen LogP contribution in [0.25, 0.3) is 11.0 Å². The zero-order chi connectivity index (χ0) is 14.8. The number of aryl methyl sites for hydroxylation is 3. The van der Waals surface area contributed by atoms with Crippen molar-refractivity contribution in [1.29, 1.82) is 0 Å². The fourth-order valence-corrected chi connectivity index (χ4v) is 3.47. The third-order valence-electron chi connectivity index (χ3n) is 3.54. The van der Waals surface area contributed by atoms with Gasteiger partial charge in [-0.25, -0.2) is 9.97 Å². The Kier molecular flexibility index (Phi) is 4.27. The van der Waals surface area contributed by atoms with E-state index in [0.717, 1.165) is 35.7 Å². The van der Waals surface area contributed by atoms with Crippen LogP contribution in [0.4, 0.5) is 0 Å². The molecular formula is C16H18ClN3S. The molecule has 21 heavy (non-hydrogen) atoms. The fourth-order valence-electron chi connectivity index (χ4n) is 2.45. The van der Waals surface area contributed by atoms with Crippen molar-refractivity contribution < 1.29 is 0 Å². The highest BCUT2D eigenvalue weighted by molar-refractivity contribution is 7.11. The molecule has 0 N–H and O–H groups in total. The minimum atomic E-state index is 0.584. The van der Waals surface area contributed by atoms with E-state index in [0.29, 0.717) is 5.88 Å². The van der Waals surface area contributed by atoms with Crippen LogP contribution >= 0.6 is 22.9 Å². The standard InChI is InChI=1S/C16H18ClN3S/c1-3-12-9-18-16(21-12)10-20-14-8-11(2)4-5-13(14)19-15(20)6-7-17/h4-5,8-9H,3,6-7,10H2,1-2H3. The molecule has 1 aromatic carbocycles. The second-order valence-corrected chi connectivity index (χ2v) is 6.70. The second kappa shape index (κ2) is 6.16. The van der Waals surface area contributed by atoms with E-state index in [9.17, 15) is 0 Å². The maximum absolute atomic E-state index is 5.93. The van der Waals surface area contributed by atoms with Gasteiger partial charge in [-0.1, -0.05) is 13.0 Å². The van der Waals surface area contributed by atoms with Crippen LogP contribution in [0.5, 0.6) is 0 Å². The van der Waals surface area contributed by atoms with Gasteiger partial charge in [0.15, 0.2) is 0 Å². The maximum atomic E-state index is 5.93. The van der Waals surface area contributed by atoms with Crippen LogP contribution in [0, 0.1) is 6.92 Å². The Morgan fingerprint density at radius 3 is 2.90 bits per heavy atom. The second-order valence-electron chi connectivity index (χ2n) is 5.12. The van der Waals surface area contributed by atoms with Crippen LogP contribution in [0.15, 0.2) is 24.4 Å². The van der Waals surface area contributed by atoms with Crippen molar-refractivity contribution in [1.82, 2.24) is 14.5 Å². The molecule has 3 aromatic rings. The van der Waals surface area contributed by atoms with Crippen molar-refractivity contribution in [2.24, 2.45) is 0 Å². The summed E-state index contributed by atoms with van der Waals surface area (Å²) in [6, 6.07) is 6.37. The smallest absolute Gasteiger partial charge is 0.113 e. The summed E-state index contributed by atoms with van der Waals surface area (Å²) in [6.45, 7) is 5.04. The van der Waals surface area contributed by atoms with Gasteiger partial charge in [-0.2, -0.15) is 0 Å². The highest BCUT2D eigenvalue weighted by Crippen LogP contribution is 2.22. The number of aromatic nitrogens is 3. The van der Waals surface area contributed by atoms with Crippen molar-refractivity contribution in [3.63, 3.8) is 0 Å². The molecule has 110 valence electrons. The van der Waals surface area contributed by atoms with E-state index in [4.69, 9.17) is 16.6 Å². The lowest BCUT2D eigenvalue weighted by atomic mass is 10.2. The Balaban J connectivity index is 2.05. The number of halogens is 1. The van der Waals surface area contributed by atoms with Gasteiger partial charge in [0, 0.05) is 23.4 Å². The molecular weight excluding hydrogens is 302 g/mol. The van der Waals surface area contributed by atoms with Crippen LogP contribution < -0.4 is 0 Å². The zero-order valence-corrected chi connectivity index (χ0v) is 13.8. The van der Waals surface area contributed by atoms with Gasteiger partial charge in [-0.15, -0.1) is 22.9 Å². The SMILES string of the molecule is CCc1cnc(Cn2c(CCCl)nc3ccc(C)cc32)s1. The summed E-state index contributed by atoms with van der Waals surface area (Å²) >= 11 is 7.71. The summed E-state index contributed by atoms with van der Waals surface area (Å²) in [5, 5.41) is 1.13. The molecule has 0 saturated carbocycles. The first kappa shape index (κ1) is 14.5. The third-order valence-corrected chi connectivity index (χ3v) is 4.86. The number of alkyl halides is 1. The van der Waals surface area contributed by atoms with Crippen LogP contribution in [-0.4, -0.2) is 20.4 Å². The van der Waals surface area contributed by atoms with Crippen molar-refractivity contribution >= 4 is 34.0 Å². The summed E-state index contributed by atoms with van der Waals surface area (Å²) in [6.07, 6.45) is 3.79. The fraction of sp³-hybridized carbons (Fsp3) is 0.375. The molecule has 0 radical (unpaired) electrons. The van der Waals surface area contributed by atoms with Crippen molar-refractivity contribution in [3.8, 4) is 0 Å². The Hall–Kier alpha value is -1.39. The highest BCUT2D eigenvalue weighted by atomic mass is 35.5. The van der Waals surface area contributed by atoms with Gasteiger partial charge in [0.05, 0.1) is 17.6 Å².